The summed E-state index contributed by atoms with van der Waals surface area (Å²) in [5.74, 6) is 0.234. The molecule has 0 unspecified atom stereocenters. The zero-order chi connectivity index (χ0) is 22.3. The summed E-state index contributed by atoms with van der Waals surface area (Å²) in [7, 11) is -3.10. The Labute approximate surface area is 195 Å². The Morgan fingerprint density at radius 1 is 0.903 bits per heavy atom. The van der Waals surface area contributed by atoms with Crippen LogP contribution in [0, 0.1) is 0 Å². The average molecular weight is 485 g/mol. The third-order valence-corrected chi connectivity index (χ3v) is 8.02. The van der Waals surface area contributed by atoms with Crippen LogP contribution in [0.4, 0.5) is 0 Å². The van der Waals surface area contributed by atoms with Crippen molar-refractivity contribution < 1.29 is 13.2 Å². The molecule has 1 fully saturated rings. The van der Waals surface area contributed by atoms with Crippen LogP contribution in [0.2, 0.25) is 10.0 Å². The highest BCUT2D eigenvalue weighted by molar-refractivity contribution is 7.89. The highest BCUT2D eigenvalue weighted by Gasteiger charge is 2.25. The van der Waals surface area contributed by atoms with Gasteiger partial charge in [-0.15, -0.1) is 0 Å². The zero-order valence-electron chi connectivity index (χ0n) is 17.8. The summed E-state index contributed by atoms with van der Waals surface area (Å²) in [4.78, 5) is 2.31. The molecule has 8 heteroatoms. The maximum absolute atomic E-state index is 12.2. The van der Waals surface area contributed by atoms with Crippen molar-refractivity contribution in [3.05, 3.63) is 69.7 Å². The van der Waals surface area contributed by atoms with E-state index in [1.807, 2.05) is 55.5 Å². The van der Waals surface area contributed by atoms with Gasteiger partial charge in [-0.2, -0.15) is 4.31 Å². The zero-order valence-corrected chi connectivity index (χ0v) is 20.2. The number of nitrogens with zero attached hydrogens (tertiary/aromatic N) is 2. The second-order valence-electron chi connectivity index (χ2n) is 7.76. The number of ether oxygens (including phenoxy) is 1. The van der Waals surface area contributed by atoms with E-state index in [1.165, 1.54) is 0 Å². The molecule has 1 aliphatic rings. The molecule has 3 rings (SSSR count). The van der Waals surface area contributed by atoms with Crippen molar-refractivity contribution in [1.29, 1.82) is 0 Å². The minimum Gasteiger partial charge on any atom is -0.369 e. The number of rotatable bonds is 10. The maximum Gasteiger partial charge on any atom is 0.214 e. The van der Waals surface area contributed by atoms with E-state index in [-0.39, 0.29) is 11.9 Å². The van der Waals surface area contributed by atoms with E-state index in [0.717, 1.165) is 37.2 Å². The van der Waals surface area contributed by atoms with E-state index in [0.29, 0.717) is 36.2 Å². The van der Waals surface area contributed by atoms with Crippen molar-refractivity contribution in [2.75, 3.05) is 45.1 Å². The molecular weight excluding hydrogens is 455 g/mol. The van der Waals surface area contributed by atoms with Crippen LogP contribution < -0.4 is 0 Å². The predicted octanol–water partition coefficient (Wildman–Crippen LogP) is 4.85. The minimum atomic E-state index is -3.10. The summed E-state index contributed by atoms with van der Waals surface area (Å²) < 4.78 is 32.3. The lowest BCUT2D eigenvalue weighted by molar-refractivity contribution is 0.0686. The summed E-state index contributed by atoms with van der Waals surface area (Å²) in [6, 6.07) is 15.4. The second-order valence-corrected chi connectivity index (χ2v) is 10.7. The number of benzene rings is 2. The third kappa shape index (κ3) is 7.17. The fourth-order valence-electron chi connectivity index (χ4n) is 3.77. The first-order valence-electron chi connectivity index (χ1n) is 10.7. The van der Waals surface area contributed by atoms with Crippen LogP contribution in [0.15, 0.2) is 48.5 Å². The number of halogens is 2. The van der Waals surface area contributed by atoms with Gasteiger partial charge < -0.3 is 9.64 Å². The van der Waals surface area contributed by atoms with Gasteiger partial charge in [0.25, 0.3) is 0 Å². The van der Waals surface area contributed by atoms with E-state index in [1.54, 1.807) is 4.31 Å². The molecule has 170 valence electrons. The van der Waals surface area contributed by atoms with Gasteiger partial charge in [0, 0.05) is 49.4 Å². The Hall–Kier alpha value is -1.15. The Balaban J connectivity index is 1.51. The van der Waals surface area contributed by atoms with E-state index in [4.69, 9.17) is 27.9 Å². The molecule has 31 heavy (non-hydrogen) atoms. The van der Waals surface area contributed by atoms with Crippen LogP contribution in [-0.4, -0.2) is 62.7 Å². The number of piperazine rings is 1. The third-order valence-electron chi connectivity index (χ3n) is 5.44. The van der Waals surface area contributed by atoms with Crippen LogP contribution in [0.1, 0.15) is 37.0 Å². The van der Waals surface area contributed by atoms with Crippen molar-refractivity contribution in [2.24, 2.45) is 0 Å². The van der Waals surface area contributed by atoms with Gasteiger partial charge in [-0.3, -0.25) is 0 Å². The fraction of sp³-hybridized carbons (Fsp3) is 0.478. The topological polar surface area (TPSA) is 49.9 Å². The largest absolute Gasteiger partial charge is 0.369 e. The van der Waals surface area contributed by atoms with E-state index < -0.39 is 10.0 Å². The van der Waals surface area contributed by atoms with Crippen LogP contribution in [0.3, 0.4) is 0 Å². The van der Waals surface area contributed by atoms with Crippen molar-refractivity contribution in [3.63, 3.8) is 0 Å². The van der Waals surface area contributed by atoms with Crippen molar-refractivity contribution >= 4 is 33.2 Å². The van der Waals surface area contributed by atoms with Crippen LogP contribution in [-0.2, 0) is 14.8 Å². The van der Waals surface area contributed by atoms with Gasteiger partial charge in [-0.05, 0) is 48.2 Å². The molecule has 0 aromatic heterocycles. The van der Waals surface area contributed by atoms with Gasteiger partial charge in [0.1, 0.15) is 6.10 Å². The normalized spacial score (nSPS) is 16.1. The van der Waals surface area contributed by atoms with Gasteiger partial charge in [-0.1, -0.05) is 54.4 Å². The minimum absolute atomic E-state index is 0.189. The molecule has 0 saturated carbocycles. The number of hydrogen-bond acceptors (Lipinski definition) is 4. The molecule has 0 radical (unpaired) electrons. The number of hydrogen-bond donors (Lipinski definition) is 0. The second kappa shape index (κ2) is 11.6. The van der Waals surface area contributed by atoms with Gasteiger partial charge in [0.05, 0.1) is 5.75 Å². The Kier molecular flexibility index (Phi) is 9.19. The molecular formula is C23H30Cl2N2O3S. The summed E-state index contributed by atoms with van der Waals surface area (Å²) in [5, 5.41) is 1.39. The molecule has 5 nitrogen and oxygen atoms in total. The summed E-state index contributed by atoms with van der Waals surface area (Å²) in [6.07, 6.45) is 1.34. The first-order valence-corrected chi connectivity index (χ1v) is 13.1. The Morgan fingerprint density at radius 2 is 1.42 bits per heavy atom. The van der Waals surface area contributed by atoms with E-state index in [2.05, 4.69) is 4.90 Å². The van der Waals surface area contributed by atoms with Gasteiger partial charge in [0.15, 0.2) is 0 Å². The van der Waals surface area contributed by atoms with Crippen LogP contribution in [0.5, 0.6) is 0 Å². The molecule has 1 aliphatic heterocycles. The first-order chi connectivity index (χ1) is 14.9. The SMILES string of the molecule is CCCS(=O)(=O)N1CCN(CCCOC(c2ccc(Cl)cc2)c2ccc(Cl)cc2)CC1. The Morgan fingerprint density at radius 3 is 1.90 bits per heavy atom. The fourth-order valence-corrected chi connectivity index (χ4v) is 5.51. The van der Waals surface area contributed by atoms with Crippen molar-refractivity contribution in [1.82, 2.24) is 9.21 Å². The van der Waals surface area contributed by atoms with Crippen LogP contribution >= 0.6 is 23.2 Å². The van der Waals surface area contributed by atoms with Crippen LogP contribution in [0.25, 0.3) is 0 Å². The quantitative estimate of drug-likeness (QED) is 0.452. The molecule has 0 atom stereocenters. The predicted molar refractivity (Wildman–Crippen MR) is 127 cm³/mol. The average Bonchev–Trinajstić information content (AvgIpc) is 2.76. The molecule has 0 spiro atoms. The van der Waals surface area contributed by atoms with Gasteiger partial charge in [-0.25, -0.2) is 8.42 Å². The van der Waals surface area contributed by atoms with E-state index >= 15 is 0 Å². The first kappa shape index (κ1) is 24.5. The molecule has 1 saturated heterocycles. The molecule has 0 N–H and O–H groups in total. The van der Waals surface area contributed by atoms with Crippen molar-refractivity contribution in [3.8, 4) is 0 Å². The van der Waals surface area contributed by atoms with Crippen molar-refractivity contribution in [2.45, 2.75) is 25.9 Å². The highest BCUT2D eigenvalue weighted by Crippen LogP contribution is 2.28. The standard InChI is InChI=1S/C23H30Cl2N2O3S/c1-2-18-31(28,29)27-15-13-26(14-16-27)12-3-17-30-23(19-4-8-21(24)9-5-19)20-6-10-22(25)11-7-20/h4-11,23H,2-3,12-18H2,1H3. The molecule has 0 amide bonds. The summed E-state index contributed by atoms with van der Waals surface area (Å²) in [5.41, 5.74) is 2.09. The molecule has 2 aromatic rings. The van der Waals surface area contributed by atoms with Gasteiger partial charge in [0.2, 0.25) is 10.0 Å². The lowest BCUT2D eigenvalue weighted by atomic mass is 10.0. The molecule has 2 aromatic carbocycles. The lowest BCUT2D eigenvalue weighted by Gasteiger charge is -2.34. The molecule has 1 heterocycles. The Bertz CT molecular complexity index is 867. The molecule has 0 bridgehead atoms. The molecule has 0 aliphatic carbocycles. The summed E-state index contributed by atoms with van der Waals surface area (Å²) in [6.45, 7) is 6.05. The monoisotopic (exact) mass is 484 g/mol. The lowest BCUT2D eigenvalue weighted by Crippen LogP contribution is -2.49. The van der Waals surface area contributed by atoms with Gasteiger partial charge >= 0.3 is 0 Å². The summed E-state index contributed by atoms with van der Waals surface area (Å²) >= 11 is 12.1. The maximum atomic E-state index is 12.2. The van der Waals surface area contributed by atoms with E-state index in [9.17, 15) is 8.42 Å². The highest BCUT2D eigenvalue weighted by atomic mass is 35.5. The smallest absolute Gasteiger partial charge is 0.214 e. The number of sulfonamides is 1.